The van der Waals surface area contributed by atoms with Crippen molar-refractivity contribution in [2.24, 2.45) is 0 Å². The van der Waals surface area contributed by atoms with Crippen LogP contribution in [0.5, 0.6) is 5.75 Å². The Labute approximate surface area is 203 Å². The quantitative estimate of drug-likeness (QED) is 0.387. The maximum absolute atomic E-state index is 12.4. The molecule has 0 aliphatic heterocycles. The monoisotopic (exact) mass is 479 g/mol. The van der Waals surface area contributed by atoms with E-state index >= 15 is 0 Å². The highest BCUT2D eigenvalue weighted by Gasteiger charge is 2.24. The van der Waals surface area contributed by atoms with Crippen molar-refractivity contribution in [1.82, 2.24) is 25.6 Å². The lowest BCUT2D eigenvalue weighted by Crippen LogP contribution is -2.42. The Morgan fingerprint density at radius 1 is 1.00 bits per heavy atom. The van der Waals surface area contributed by atoms with Crippen molar-refractivity contribution in [3.05, 3.63) is 59.7 Å². The number of hydrogen-bond donors (Lipinski definition) is 2. The molecular formula is C25H29N5O3S. The van der Waals surface area contributed by atoms with Crippen molar-refractivity contribution in [2.45, 2.75) is 50.2 Å². The molecule has 1 heterocycles. The highest BCUT2D eigenvalue weighted by atomic mass is 32.2. The van der Waals surface area contributed by atoms with E-state index in [0.29, 0.717) is 16.8 Å². The number of thioether (sulfide) groups is 1. The molecule has 9 heteroatoms. The SMILES string of the molecule is COc1ccc(-c2nnc(SCC(=O)NNC(=O)c3ccc(C)cc3)n2C2CCCCC2)cc1. The number of aromatic nitrogens is 3. The van der Waals surface area contributed by atoms with Crippen LogP contribution in [0, 0.1) is 6.92 Å². The van der Waals surface area contributed by atoms with Crippen LogP contribution in [0.25, 0.3) is 11.4 Å². The van der Waals surface area contributed by atoms with E-state index in [0.717, 1.165) is 35.5 Å². The van der Waals surface area contributed by atoms with Crippen LogP contribution in [-0.4, -0.2) is 39.4 Å². The van der Waals surface area contributed by atoms with Gasteiger partial charge in [0, 0.05) is 17.2 Å². The number of methoxy groups -OCH3 is 1. The topological polar surface area (TPSA) is 98.1 Å². The van der Waals surface area contributed by atoms with Gasteiger partial charge in [0.25, 0.3) is 5.91 Å². The zero-order valence-electron chi connectivity index (χ0n) is 19.4. The molecule has 0 saturated heterocycles. The van der Waals surface area contributed by atoms with E-state index in [4.69, 9.17) is 4.74 Å². The summed E-state index contributed by atoms with van der Waals surface area (Å²) in [4.78, 5) is 24.7. The fourth-order valence-electron chi connectivity index (χ4n) is 4.05. The molecule has 3 aromatic rings. The standard InChI is InChI=1S/C25H29N5O3S/c1-17-8-10-19(11-9-17)24(32)28-26-22(31)16-34-25-29-27-23(18-12-14-21(33-2)15-13-18)30(25)20-6-4-3-5-7-20/h8-15,20H,3-7,16H2,1-2H3,(H,26,31)(H,28,32). The number of ether oxygens (including phenoxy) is 1. The number of nitrogens with zero attached hydrogens (tertiary/aromatic N) is 3. The van der Waals surface area contributed by atoms with Crippen LogP contribution >= 0.6 is 11.8 Å². The second kappa shape index (κ2) is 11.2. The summed E-state index contributed by atoms with van der Waals surface area (Å²) in [7, 11) is 1.64. The molecule has 0 radical (unpaired) electrons. The highest BCUT2D eigenvalue weighted by molar-refractivity contribution is 7.99. The lowest BCUT2D eigenvalue weighted by molar-refractivity contribution is -0.119. The predicted octanol–water partition coefficient (Wildman–Crippen LogP) is 4.32. The van der Waals surface area contributed by atoms with E-state index in [2.05, 4.69) is 25.6 Å². The van der Waals surface area contributed by atoms with Crippen LogP contribution < -0.4 is 15.6 Å². The zero-order chi connectivity index (χ0) is 23.9. The van der Waals surface area contributed by atoms with Crippen LogP contribution in [0.15, 0.2) is 53.7 Å². The number of carbonyl (C=O) groups excluding carboxylic acids is 2. The summed E-state index contributed by atoms with van der Waals surface area (Å²) in [6.07, 6.45) is 5.70. The molecule has 1 fully saturated rings. The Kier molecular flexibility index (Phi) is 7.84. The summed E-state index contributed by atoms with van der Waals surface area (Å²) in [5.41, 5.74) is 7.46. The molecular weight excluding hydrogens is 450 g/mol. The molecule has 2 amide bonds. The Hall–Kier alpha value is -3.33. The molecule has 2 aromatic carbocycles. The largest absolute Gasteiger partial charge is 0.497 e. The van der Waals surface area contributed by atoms with Gasteiger partial charge in [-0.25, -0.2) is 0 Å². The van der Waals surface area contributed by atoms with E-state index in [9.17, 15) is 9.59 Å². The second-order valence-corrected chi connectivity index (χ2v) is 9.30. The van der Waals surface area contributed by atoms with Crippen molar-refractivity contribution in [2.75, 3.05) is 12.9 Å². The summed E-state index contributed by atoms with van der Waals surface area (Å²) in [5, 5.41) is 9.58. The molecule has 34 heavy (non-hydrogen) atoms. The molecule has 178 valence electrons. The number of hydrazine groups is 1. The van der Waals surface area contributed by atoms with Crippen molar-refractivity contribution < 1.29 is 14.3 Å². The number of hydrogen-bond acceptors (Lipinski definition) is 6. The molecule has 2 N–H and O–H groups in total. The molecule has 0 bridgehead atoms. The summed E-state index contributed by atoms with van der Waals surface area (Å²) >= 11 is 1.32. The smallest absolute Gasteiger partial charge is 0.269 e. The minimum absolute atomic E-state index is 0.113. The lowest BCUT2D eigenvalue weighted by atomic mass is 9.95. The molecule has 8 nitrogen and oxygen atoms in total. The summed E-state index contributed by atoms with van der Waals surface area (Å²) < 4.78 is 7.44. The predicted molar refractivity (Wildman–Crippen MR) is 132 cm³/mol. The Morgan fingerprint density at radius 2 is 1.71 bits per heavy atom. The molecule has 0 spiro atoms. The van der Waals surface area contributed by atoms with Gasteiger partial charge in [0.1, 0.15) is 5.75 Å². The lowest BCUT2D eigenvalue weighted by Gasteiger charge is -2.25. The van der Waals surface area contributed by atoms with Gasteiger partial charge in [-0.2, -0.15) is 0 Å². The first kappa shape index (κ1) is 23.8. The first-order valence-electron chi connectivity index (χ1n) is 11.4. The second-order valence-electron chi connectivity index (χ2n) is 8.35. The van der Waals surface area contributed by atoms with Crippen molar-refractivity contribution in [3.63, 3.8) is 0 Å². The van der Waals surface area contributed by atoms with Gasteiger partial charge in [0.2, 0.25) is 5.91 Å². The minimum atomic E-state index is -0.356. The molecule has 1 aliphatic rings. The maximum Gasteiger partial charge on any atom is 0.269 e. The average molecular weight is 480 g/mol. The average Bonchev–Trinajstić information content (AvgIpc) is 3.31. The van der Waals surface area contributed by atoms with Crippen LogP contribution in [0.2, 0.25) is 0 Å². The van der Waals surface area contributed by atoms with E-state index < -0.39 is 0 Å². The van der Waals surface area contributed by atoms with Gasteiger partial charge < -0.3 is 4.74 Å². The van der Waals surface area contributed by atoms with Crippen LogP contribution in [0.1, 0.15) is 54.1 Å². The number of nitrogens with one attached hydrogen (secondary N) is 2. The molecule has 1 aliphatic carbocycles. The van der Waals surface area contributed by atoms with Crippen LogP contribution in [-0.2, 0) is 4.79 Å². The molecule has 1 aromatic heterocycles. The first-order valence-corrected chi connectivity index (χ1v) is 12.4. The third kappa shape index (κ3) is 5.77. The number of amides is 2. The van der Waals surface area contributed by atoms with Gasteiger partial charge in [-0.1, -0.05) is 48.7 Å². The Bertz CT molecular complexity index is 1120. The van der Waals surface area contributed by atoms with E-state index in [1.165, 1.54) is 31.0 Å². The summed E-state index contributed by atoms with van der Waals surface area (Å²) in [5.74, 6) is 1.03. The molecule has 0 atom stereocenters. The Morgan fingerprint density at radius 3 is 2.38 bits per heavy atom. The minimum Gasteiger partial charge on any atom is -0.497 e. The summed E-state index contributed by atoms with van der Waals surface area (Å²) in [6.45, 7) is 1.95. The molecule has 1 saturated carbocycles. The van der Waals surface area contributed by atoms with Gasteiger partial charge in [0.05, 0.1) is 12.9 Å². The fourth-order valence-corrected chi connectivity index (χ4v) is 4.86. The number of benzene rings is 2. The number of carbonyl (C=O) groups is 2. The van der Waals surface area contributed by atoms with Gasteiger partial charge >= 0.3 is 0 Å². The van der Waals surface area contributed by atoms with Crippen LogP contribution in [0.4, 0.5) is 0 Å². The number of aryl methyl sites for hydroxylation is 1. The van der Waals surface area contributed by atoms with E-state index in [1.807, 2.05) is 43.3 Å². The van der Waals surface area contributed by atoms with E-state index in [-0.39, 0.29) is 17.6 Å². The van der Waals surface area contributed by atoms with Crippen LogP contribution in [0.3, 0.4) is 0 Å². The molecule has 4 rings (SSSR count). The normalized spacial score (nSPS) is 13.9. The van der Waals surface area contributed by atoms with Gasteiger partial charge in [0.15, 0.2) is 11.0 Å². The Balaban J connectivity index is 1.43. The third-order valence-electron chi connectivity index (χ3n) is 5.91. The van der Waals surface area contributed by atoms with E-state index in [1.54, 1.807) is 19.2 Å². The van der Waals surface area contributed by atoms with Gasteiger partial charge in [-0.3, -0.25) is 25.0 Å². The first-order chi connectivity index (χ1) is 16.5. The third-order valence-corrected chi connectivity index (χ3v) is 6.86. The van der Waals surface area contributed by atoms with Crippen molar-refractivity contribution >= 4 is 23.6 Å². The number of rotatable bonds is 7. The summed E-state index contributed by atoms with van der Waals surface area (Å²) in [6, 6.07) is 15.2. The zero-order valence-corrected chi connectivity index (χ0v) is 20.2. The van der Waals surface area contributed by atoms with Crippen molar-refractivity contribution in [3.8, 4) is 17.1 Å². The van der Waals surface area contributed by atoms with Gasteiger partial charge in [-0.15, -0.1) is 10.2 Å². The molecule has 0 unspecified atom stereocenters. The fraction of sp³-hybridized carbons (Fsp3) is 0.360. The van der Waals surface area contributed by atoms with Gasteiger partial charge in [-0.05, 0) is 56.2 Å². The van der Waals surface area contributed by atoms with Crippen molar-refractivity contribution in [1.29, 1.82) is 0 Å². The maximum atomic E-state index is 12.4. The highest BCUT2D eigenvalue weighted by Crippen LogP contribution is 2.35.